The lowest BCUT2D eigenvalue weighted by atomic mass is 10.1. The Morgan fingerprint density at radius 2 is 1.95 bits per heavy atom. The number of rotatable bonds is 4. The third kappa shape index (κ3) is 2.68. The fraction of sp³-hybridized carbons (Fsp3) is 0.167. The van der Waals surface area contributed by atoms with Crippen LogP contribution in [-0.4, -0.2) is 20.1 Å². The van der Waals surface area contributed by atoms with Gasteiger partial charge in [-0.25, -0.2) is 0 Å². The molecule has 1 aromatic heterocycles. The molecule has 22 heavy (non-hydrogen) atoms. The molecule has 112 valence electrons. The third-order valence-corrected chi connectivity index (χ3v) is 3.72. The van der Waals surface area contributed by atoms with Gasteiger partial charge in [-0.05, 0) is 24.3 Å². The van der Waals surface area contributed by atoms with E-state index >= 15 is 0 Å². The predicted molar refractivity (Wildman–Crippen MR) is 86.3 cm³/mol. The zero-order valence-corrected chi connectivity index (χ0v) is 12.6. The van der Waals surface area contributed by atoms with Gasteiger partial charge in [-0.1, -0.05) is 18.2 Å². The highest BCUT2D eigenvalue weighted by molar-refractivity contribution is 5.96. The van der Waals surface area contributed by atoms with Crippen molar-refractivity contribution in [3.8, 4) is 5.75 Å². The Labute approximate surface area is 128 Å². The molecule has 3 rings (SSSR count). The monoisotopic (exact) mass is 295 g/mol. The molecule has 0 N–H and O–H groups in total. The van der Waals surface area contributed by atoms with Crippen molar-refractivity contribution >= 4 is 22.6 Å². The van der Waals surface area contributed by atoms with Crippen molar-refractivity contribution in [2.45, 2.75) is 6.42 Å². The molecule has 0 aliphatic heterocycles. The van der Waals surface area contributed by atoms with E-state index in [4.69, 9.17) is 9.15 Å². The number of amides is 1. The van der Waals surface area contributed by atoms with Gasteiger partial charge in [0, 0.05) is 29.8 Å². The highest BCUT2D eigenvalue weighted by atomic mass is 16.5. The molecule has 0 aliphatic rings. The van der Waals surface area contributed by atoms with Gasteiger partial charge in [0.25, 0.3) is 0 Å². The van der Waals surface area contributed by atoms with Crippen molar-refractivity contribution < 1.29 is 13.9 Å². The van der Waals surface area contributed by atoms with Crippen LogP contribution < -0.4 is 9.64 Å². The van der Waals surface area contributed by atoms with Crippen LogP contribution >= 0.6 is 0 Å². The second-order valence-corrected chi connectivity index (χ2v) is 5.09. The van der Waals surface area contributed by atoms with E-state index in [-0.39, 0.29) is 5.91 Å². The van der Waals surface area contributed by atoms with Gasteiger partial charge < -0.3 is 14.1 Å². The highest BCUT2D eigenvalue weighted by Crippen LogP contribution is 2.26. The van der Waals surface area contributed by atoms with Crippen LogP contribution in [0.2, 0.25) is 0 Å². The first-order chi connectivity index (χ1) is 10.7. The molecule has 3 aromatic rings. The number of para-hydroxylation sites is 1. The zero-order chi connectivity index (χ0) is 15.5. The van der Waals surface area contributed by atoms with E-state index in [1.54, 1.807) is 25.3 Å². The number of anilines is 1. The van der Waals surface area contributed by atoms with E-state index in [1.807, 2.05) is 48.5 Å². The molecular formula is C18H17NO3. The summed E-state index contributed by atoms with van der Waals surface area (Å²) in [7, 11) is 3.40. The molecule has 4 nitrogen and oxygen atoms in total. The average Bonchev–Trinajstić information content (AvgIpc) is 2.97. The lowest BCUT2D eigenvalue weighted by Crippen LogP contribution is -2.27. The molecule has 0 bridgehead atoms. The second-order valence-electron chi connectivity index (χ2n) is 5.09. The lowest BCUT2D eigenvalue weighted by molar-refractivity contribution is -0.117. The Kier molecular flexibility index (Phi) is 3.83. The zero-order valence-electron chi connectivity index (χ0n) is 12.6. The first kappa shape index (κ1) is 14.2. The topological polar surface area (TPSA) is 42.7 Å². The van der Waals surface area contributed by atoms with Crippen molar-refractivity contribution in [2.24, 2.45) is 0 Å². The average molecular weight is 295 g/mol. The summed E-state index contributed by atoms with van der Waals surface area (Å²) in [5.74, 6) is 0.755. The summed E-state index contributed by atoms with van der Waals surface area (Å²) in [6, 6.07) is 15.2. The number of ether oxygens (including phenoxy) is 1. The molecule has 0 fully saturated rings. The number of methoxy groups -OCH3 is 1. The minimum Gasteiger partial charge on any atom is -0.497 e. The number of hydrogen-bond acceptors (Lipinski definition) is 3. The molecule has 0 saturated heterocycles. The number of carbonyl (C=O) groups is 1. The van der Waals surface area contributed by atoms with Gasteiger partial charge in [0.1, 0.15) is 11.3 Å². The molecular weight excluding hydrogens is 278 g/mol. The SMILES string of the molecule is COc1ccc2c(CC(=O)N(C)c3ccccc3)coc2c1. The molecule has 4 heteroatoms. The van der Waals surface area contributed by atoms with E-state index in [0.717, 1.165) is 28.0 Å². The summed E-state index contributed by atoms with van der Waals surface area (Å²) in [6.07, 6.45) is 1.94. The fourth-order valence-electron chi connectivity index (χ4n) is 2.40. The summed E-state index contributed by atoms with van der Waals surface area (Å²) in [6.45, 7) is 0. The third-order valence-electron chi connectivity index (χ3n) is 3.72. The summed E-state index contributed by atoms with van der Waals surface area (Å²) in [5.41, 5.74) is 2.48. The van der Waals surface area contributed by atoms with E-state index in [2.05, 4.69) is 0 Å². The van der Waals surface area contributed by atoms with Crippen molar-refractivity contribution in [3.05, 3.63) is 60.4 Å². The van der Waals surface area contributed by atoms with Crippen LogP contribution in [0.15, 0.2) is 59.2 Å². The molecule has 0 radical (unpaired) electrons. The number of benzene rings is 2. The molecule has 1 amide bonds. The number of fused-ring (bicyclic) bond motifs is 1. The quantitative estimate of drug-likeness (QED) is 0.738. The van der Waals surface area contributed by atoms with Gasteiger partial charge >= 0.3 is 0 Å². The van der Waals surface area contributed by atoms with Crippen molar-refractivity contribution in [2.75, 3.05) is 19.1 Å². The van der Waals surface area contributed by atoms with Crippen molar-refractivity contribution in [1.29, 1.82) is 0 Å². The number of carbonyl (C=O) groups excluding carboxylic acids is 1. The number of likely N-dealkylation sites (N-methyl/N-ethyl adjacent to an activating group) is 1. The number of furan rings is 1. The Bertz CT molecular complexity index is 792. The molecule has 0 spiro atoms. The Morgan fingerprint density at radius 3 is 2.68 bits per heavy atom. The molecule has 0 unspecified atom stereocenters. The molecule has 1 heterocycles. The normalized spacial score (nSPS) is 10.6. The van der Waals surface area contributed by atoms with E-state index < -0.39 is 0 Å². The maximum absolute atomic E-state index is 12.4. The summed E-state index contributed by atoms with van der Waals surface area (Å²) < 4.78 is 10.7. The van der Waals surface area contributed by atoms with Gasteiger partial charge in [-0.3, -0.25) is 4.79 Å². The minimum atomic E-state index is 0.0183. The molecule has 0 saturated carbocycles. The largest absolute Gasteiger partial charge is 0.497 e. The summed E-state index contributed by atoms with van der Waals surface area (Å²) >= 11 is 0. The Balaban J connectivity index is 1.82. The fourth-order valence-corrected chi connectivity index (χ4v) is 2.40. The highest BCUT2D eigenvalue weighted by Gasteiger charge is 2.15. The van der Waals surface area contributed by atoms with Gasteiger partial charge in [-0.15, -0.1) is 0 Å². The van der Waals surface area contributed by atoms with Crippen LogP contribution in [0.1, 0.15) is 5.56 Å². The van der Waals surface area contributed by atoms with Crippen LogP contribution in [0, 0.1) is 0 Å². The smallest absolute Gasteiger partial charge is 0.231 e. The summed E-state index contributed by atoms with van der Waals surface area (Å²) in [4.78, 5) is 14.1. The minimum absolute atomic E-state index is 0.0183. The van der Waals surface area contributed by atoms with Gasteiger partial charge in [-0.2, -0.15) is 0 Å². The maximum Gasteiger partial charge on any atom is 0.231 e. The van der Waals surface area contributed by atoms with Crippen LogP contribution in [-0.2, 0) is 11.2 Å². The van der Waals surface area contributed by atoms with Crippen molar-refractivity contribution in [1.82, 2.24) is 0 Å². The van der Waals surface area contributed by atoms with E-state index in [9.17, 15) is 4.79 Å². The Morgan fingerprint density at radius 1 is 1.18 bits per heavy atom. The van der Waals surface area contributed by atoms with E-state index in [1.165, 1.54) is 0 Å². The first-order valence-corrected chi connectivity index (χ1v) is 7.05. The number of nitrogens with zero attached hydrogens (tertiary/aromatic N) is 1. The van der Waals surface area contributed by atoms with Gasteiger partial charge in [0.05, 0.1) is 19.8 Å². The molecule has 0 aliphatic carbocycles. The first-order valence-electron chi connectivity index (χ1n) is 7.05. The number of hydrogen-bond donors (Lipinski definition) is 0. The second kappa shape index (κ2) is 5.93. The Hall–Kier alpha value is -2.75. The van der Waals surface area contributed by atoms with Crippen LogP contribution in [0.4, 0.5) is 5.69 Å². The standard InChI is InChI=1S/C18H17NO3/c1-19(14-6-4-3-5-7-14)18(20)10-13-12-22-17-11-15(21-2)8-9-16(13)17/h3-9,11-12H,10H2,1-2H3. The lowest BCUT2D eigenvalue weighted by Gasteiger charge is -2.16. The molecule has 2 aromatic carbocycles. The van der Waals surface area contributed by atoms with Gasteiger partial charge in [0.15, 0.2) is 0 Å². The van der Waals surface area contributed by atoms with Crippen LogP contribution in [0.3, 0.4) is 0 Å². The summed E-state index contributed by atoms with van der Waals surface area (Å²) in [5, 5.41) is 0.940. The maximum atomic E-state index is 12.4. The van der Waals surface area contributed by atoms with Crippen LogP contribution in [0.5, 0.6) is 5.75 Å². The van der Waals surface area contributed by atoms with Gasteiger partial charge in [0.2, 0.25) is 5.91 Å². The molecule has 0 atom stereocenters. The van der Waals surface area contributed by atoms with Crippen molar-refractivity contribution in [3.63, 3.8) is 0 Å². The van der Waals surface area contributed by atoms with E-state index in [0.29, 0.717) is 6.42 Å². The predicted octanol–water partition coefficient (Wildman–Crippen LogP) is 3.65. The van der Waals surface area contributed by atoms with Crippen LogP contribution in [0.25, 0.3) is 11.0 Å².